The normalized spacial score (nSPS) is 9.50. The van der Waals surface area contributed by atoms with Crippen LogP contribution in [-0.4, -0.2) is 5.71 Å². The van der Waals surface area contributed by atoms with Gasteiger partial charge < -0.3 is 0 Å². The smallest absolute Gasteiger partial charge is 0.269 e. The maximum atomic E-state index is 13.4. The van der Waals surface area contributed by atoms with Gasteiger partial charge in [-0.2, -0.15) is 15.6 Å². The largest absolute Gasteiger partial charge is 0.274 e. The molecule has 0 heterocycles. The summed E-state index contributed by atoms with van der Waals surface area (Å²) in [6.45, 7) is 0. The minimum Gasteiger partial charge on any atom is -0.274 e. The molecule has 4 nitrogen and oxygen atoms in total. The zero-order valence-corrected chi connectivity index (χ0v) is 8.59. The average molecular weight is 256 g/mol. The lowest BCUT2D eigenvalue weighted by Gasteiger charge is -2.07. The third-order valence-electron chi connectivity index (χ3n) is 1.84. The second-order valence-corrected chi connectivity index (χ2v) is 2.92. The molecule has 18 heavy (non-hydrogen) atoms. The second-order valence-electron chi connectivity index (χ2n) is 2.92. The lowest BCUT2D eigenvalue weighted by atomic mass is 10.2. The van der Waals surface area contributed by atoms with Crippen molar-refractivity contribution in [1.29, 1.82) is 10.5 Å². The number of nitriles is 2. The average Bonchev–Trinajstić information content (AvgIpc) is 2.32. The zero-order chi connectivity index (χ0) is 13.7. The highest BCUT2D eigenvalue weighted by molar-refractivity contribution is 6.10. The number of rotatable bonds is 3. The summed E-state index contributed by atoms with van der Waals surface area (Å²) in [7, 11) is 0. The van der Waals surface area contributed by atoms with Gasteiger partial charge >= 0.3 is 0 Å². The number of anilines is 1. The van der Waals surface area contributed by atoms with Crippen LogP contribution in [0, 0.1) is 34.3 Å². The Morgan fingerprint density at radius 2 is 1.83 bits per heavy atom. The van der Waals surface area contributed by atoms with Crippen molar-refractivity contribution in [2.75, 3.05) is 5.43 Å². The van der Waals surface area contributed by atoms with E-state index in [1.807, 2.05) is 5.43 Å². The minimum atomic E-state index is -3.33. The van der Waals surface area contributed by atoms with Gasteiger partial charge in [0.2, 0.25) is 5.71 Å². The van der Waals surface area contributed by atoms with Gasteiger partial charge in [-0.15, -0.1) is 0 Å². The van der Waals surface area contributed by atoms with Crippen LogP contribution in [0.3, 0.4) is 0 Å². The molecule has 0 aliphatic heterocycles. The Morgan fingerprint density at radius 3 is 2.33 bits per heavy atom. The standard InChI is InChI=1S/C10H4F4N4/c11-6-1-2-7(9(12)8(6)10(13)14)18-17-5(3-15)4-16/h1-2,10,18H. The van der Waals surface area contributed by atoms with Gasteiger partial charge in [-0.1, -0.05) is 0 Å². The summed E-state index contributed by atoms with van der Waals surface area (Å²) in [6, 6.07) is 4.20. The summed E-state index contributed by atoms with van der Waals surface area (Å²) in [5.41, 5.74) is -0.680. The van der Waals surface area contributed by atoms with Crippen LogP contribution in [0.15, 0.2) is 17.2 Å². The first-order valence-corrected chi connectivity index (χ1v) is 4.41. The van der Waals surface area contributed by atoms with Crippen LogP contribution in [0.1, 0.15) is 12.0 Å². The summed E-state index contributed by atoms with van der Waals surface area (Å²) >= 11 is 0. The van der Waals surface area contributed by atoms with Gasteiger partial charge in [0, 0.05) is 0 Å². The van der Waals surface area contributed by atoms with E-state index in [4.69, 9.17) is 10.5 Å². The fraction of sp³-hybridized carbons (Fsp3) is 0.100. The third kappa shape index (κ3) is 2.74. The molecule has 1 aromatic rings. The van der Waals surface area contributed by atoms with Crippen molar-refractivity contribution < 1.29 is 17.6 Å². The van der Waals surface area contributed by atoms with Crippen LogP contribution in [0.25, 0.3) is 0 Å². The van der Waals surface area contributed by atoms with E-state index in [1.54, 1.807) is 0 Å². The predicted molar refractivity (Wildman–Crippen MR) is 53.6 cm³/mol. The van der Waals surface area contributed by atoms with E-state index >= 15 is 0 Å². The number of nitrogens with one attached hydrogen (secondary N) is 1. The number of hydrogen-bond donors (Lipinski definition) is 1. The molecule has 0 unspecified atom stereocenters. The molecule has 0 aromatic heterocycles. The third-order valence-corrected chi connectivity index (χ3v) is 1.84. The second kappa shape index (κ2) is 5.64. The van der Waals surface area contributed by atoms with Gasteiger partial charge in [0.15, 0.2) is 5.82 Å². The number of nitrogens with zero attached hydrogens (tertiary/aromatic N) is 3. The molecule has 1 aromatic carbocycles. The fourth-order valence-corrected chi connectivity index (χ4v) is 1.05. The predicted octanol–water partition coefficient (Wildman–Crippen LogP) is 2.72. The summed E-state index contributed by atoms with van der Waals surface area (Å²) < 4.78 is 51.1. The van der Waals surface area contributed by atoms with Crippen molar-refractivity contribution in [2.45, 2.75) is 6.43 Å². The highest BCUT2D eigenvalue weighted by Gasteiger charge is 2.21. The fourth-order valence-electron chi connectivity index (χ4n) is 1.05. The Morgan fingerprint density at radius 1 is 1.22 bits per heavy atom. The molecular weight excluding hydrogens is 252 g/mol. The first kappa shape index (κ1) is 13.5. The number of alkyl halides is 2. The van der Waals surface area contributed by atoms with E-state index in [9.17, 15) is 17.6 Å². The maximum Gasteiger partial charge on any atom is 0.269 e. The molecule has 1 N–H and O–H groups in total. The van der Waals surface area contributed by atoms with Crippen molar-refractivity contribution in [2.24, 2.45) is 5.10 Å². The molecular formula is C10H4F4N4. The van der Waals surface area contributed by atoms with Gasteiger partial charge in [0.1, 0.15) is 18.0 Å². The van der Waals surface area contributed by atoms with Crippen LogP contribution in [0.5, 0.6) is 0 Å². The van der Waals surface area contributed by atoms with Crippen molar-refractivity contribution >= 4 is 11.4 Å². The Labute approximate surface area is 98.8 Å². The van der Waals surface area contributed by atoms with E-state index in [-0.39, 0.29) is 0 Å². The molecule has 0 aliphatic carbocycles. The van der Waals surface area contributed by atoms with Crippen molar-refractivity contribution in [3.8, 4) is 12.1 Å². The minimum absolute atomic E-state index is 0.560. The molecule has 0 atom stereocenters. The van der Waals surface area contributed by atoms with Gasteiger partial charge in [0.25, 0.3) is 6.43 Å². The van der Waals surface area contributed by atoms with Crippen molar-refractivity contribution in [3.63, 3.8) is 0 Å². The van der Waals surface area contributed by atoms with E-state index in [2.05, 4.69) is 5.10 Å². The first-order valence-electron chi connectivity index (χ1n) is 4.41. The Balaban J connectivity index is 3.15. The molecule has 0 spiro atoms. The molecule has 92 valence electrons. The van der Waals surface area contributed by atoms with E-state index in [0.717, 1.165) is 6.07 Å². The van der Waals surface area contributed by atoms with Gasteiger partial charge in [0.05, 0.1) is 11.3 Å². The van der Waals surface area contributed by atoms with Gasteiger partial charge in [-0.3, -0.25) is 5.43 Å². The monoisotopic (exact) mass is 256 g/mol. The quantitative estimate of drug-likeness (QED) is 0.513. The summed E-state index contributed by atoms with van der Waals surface area (Å²) in [6.07, 6.45) is -3.33. The number of halogens is 4. The van der Waals surface area contributed by atoms with Crippen LogP contribution in [0.2, 0.25) is 0 Å². The molecule has 0 radical (unpaired) electrons. The molecule has 0 saturated carbocycles. The summed E-state index contributed by atoms with van der Waals surface area (Å²) in [5, 5.41) is 19.8. The molecule has 0 fully saturated rings. The molecule has 8 heteroatoms. The van der Waals surface area contributed by atoms with Gasteiger partial charge in [-0.25, -0.2) is 17.6 Å². The summed E-state index contributed by atoms with van der Waals surface area (Å²) in [5.74, 6) is -2.92. The molecule has 0 bridgehead atoms. The number of hydrogen-bond acceptors (Lipinski definition) is 4. The van der Waals surface area contributed by atoms with Crippen LogP contribution in [0.4, 0.5) is 23.2 Å². The highest BCUT2D eigenvalue weighted by atomic mass is 19.3. The van der Waals surface area contributed by atoms with Gasteiger partial charge in [-0.05, 0) is 12.1 Å². The highest BCUT2D eigenvalue weighted by Crippen LogP contribution is 2.29. The molecule has 0 aliphatic rings. The topological polar surface area (TPSA) is 72.0 Å². The zero-order valence-electron chi connectivity index (χ0n) is 8.59. The SMILES string of the molecule is N#CC(C#N)=NNc1ccc(F)c(C(F)F)c1F. The first-order chi connectivity index (χ1) is 8.51. The molecule has 1 rings (SSSR count). The Kier molecular flexibility index (Phi) is 4.22. The van der Waals surface area contributed by atoms with E-state index in [1.165, 1.54) is 12.1 Å². The van der Waals surface area contributed by atoms with Crippen LogP contribution >= 0.6 is 0 Å². The van der Waals surface area contributed by atoms with Crippen LogP contribution in [-0.2, 0) is 0 Å². The van der Waals surface area contributed by atoms with E-state index in [0.29, 0.717) is 6.07 Å². The van der Waals surface area contributed by atoms with Crippen molar-refractivity contribution in [3.05, 3.63) is 29.3 Å². The number of benzene rings is 1. The molecule has 0 amide bonds. The van der Waals surface area contributed by atoms with Crippen molar-refractivity contribution in [1.82, 2.24) is 0 Å². The Bertz CT molecular complexity index is 552. The summed E-state index contributed by atoms with van der Waals surface area (Å²) in [4.78, 5) is 0. The van der Waals surface area contributed by atoms with Crippen LogP contribution < -0.4 is 5.43 Å². The lowest BCUT2D eigenvalue weighted by molar-refractivity contribution is 0.141. The lowest BCUT2D eigenvalue weighted by Crippen LogP contribution is -2.03. The number of hydrazone groups is 1. The maximum absolute atomic E-state index is 13.4. The Hall–Kier alpha value is -2.61. The molecule has 0 saturated heterocycles. The van der Waals surface area contributed by atoms with E-state index < -0.39 is 35.0 Å².